The SMILES string of the molecule is CC(=O)O[C@H]1C(=O)[C@]23C[C@H]2C[C@H]2OC[C@@]2(OC(C)=O)[C@H]3[C@H](OC(=O)c2ccccc2)[C@]2(O)C[C@H](C(=O)[C@H](O)[C@H](CC(C)C)NC(=O)OC(C)(C)C)C(C)=C1C2(C)C. The van der Waals surface area contributed by atoms with Gasteiger partial charge in [0.05, 0.1) is 24.1 Å². The van der Waals surface area contributed by atoms with Crippen molar-refractivity contribution in [2.75, 3.05) is 6.61 Å². The van der Waals surface area contributed by atoms with Crippen molar-refractivity contribution in [2.24, 2.45) is 34.5 Å². The molecule has 1 amide bonds. The third-order valence-corrected chi connectivity index (χ3v) is 13.0. The molecule has 14 nitrogen and oxygen atoms in total. The van der Waals surface area contributed by atoms with Gasteiger partial charge in [0.25, 0.3) is 0 Å². The Morgan fingerprint density at radius 2 is 1.65 bits per heavy atom. The maximum Gasteiger partial charge on any atom is 0.407 e. The summed E-state index contributed by atoms with van der Waals surface area (Å²) in [4.78, 5) is 83.4. The Hall–Kier alpha value is -4.14. The number of ether oxygens (including phenoxy) is 5. The summed E-state index contributed by atoms with van der Waals surface area (Å²) in [5.41, 5.74) is -6.97. The average molecular weight is 796 g/mol. The van der Waals surface area contributed by atoms with Crippen molar-refractivity contribution in [3.05, 3.63) is 47.0 Å². The van der Waals surface area contributed by atoms with Crippen molar-refractivity contribution < 1.29 is 62.7 Å². The monoisotopic (exact) mass is 795 g/mol. The zero-order chi connectivity index (χ0) is 42.2. The van der Waals surface area contributed by atoms with Crippen LogP contribution in [0.4, 0.5) is 4.79 Å². The number of rotatable bonds is 10. The molecule has 3 saturated carbocycles. The molecule has 0 radical (unpaired) electrons. The van der Waals surface area contributed by atoms with Crippen molar-refractivity contribution in [3.63, 3.8) is 0 Å². The number of aliphatic hydroxyl groups excluding tert-OH is 1. The number of amides is 1. The van der Waals surface area contributed by atoms with Crippen LogP contribution >= 0.6 is 0 Å². The number of alkyl carbamates (subject to hydrolysis) is 1. The molecule has 4 fully saturated rings. The van der Waals surface area contributed by atoms with E-state index in [4.69, 9.17) is 23.7 Å². The van der Waals surface area contributed by atoms with Crippen LogP contribution in [0.1, 0.15) is 105 Å². The summed E-state index contributed by atoms with van der Waals surface area (Å²) in [6.45, 7) is 15.9. The van der Waals surface area contributed by atoms with Gasteiger partial charge in [0, 0.05) is 30.6 Å². The number of nitrogens with one attached hydrogen (secondary N) is 1. The van der Waals surface area contributed by atoms with Gasteiger partial charge in [0.1, 0.15) is 29.5 Å². The molecule has 4 aliphatic carbocycles. The summed E-state index contributed by atoms with van der Waals surface area (Å²) < 4.78 is 30.0. The zero-order valence-corrected chi connectivity index (χ0v) is 34.5. The van der Waals surface area contributed by atoms with Crippen LogP contribution in [0.5, 0.6) is 0 Å². The lowest BCUT2D eigenvalue weighted by molar-refractivity contribution is -0.322. The minimum absolute atomic E-state index is 0.0933. The standard InChI is InChI=1S/C43H57NO13/c1-21(2)16-28(44-38(51)57-39(6,7)8)32(48)31(47)27-19-43(52)36(55-37(50)25-14-12-11-13-15-25)34-41(18-26(41)17-29-42(34,20-53-29)56-24(5)46)35(49)33(54-23(4)45)30(22(27)3)40(43,9)10/h11-15,21,26-29,32-34,36,48,52H,16-20H2,1-10H3,(H,44,51)/t26-,27+,28+,29-,32-,33-,34+,36+,41-,42+,43-/m1/s1. The minimum atomic E-state index is -2.23. The number of Topliss-reactive ketones (excluding diaryl/α,β-unsaturated/α-hetero) is 2. The van der Waals surface area contributed by atoms with E-state index in [1.165, 1.54) is 6.92 Å². The van der Waals surface area contributed by atoms with Gasteiger partial charge in [-0.05, 0) is 82.9 Å². The fourth-order valence-electron chi connectivity index (χ4n) is 10.5. The highest BCUT2D eigenvalue weighted by Gasteiger charge is 2.84. The van der Waals surface area contributed by atoms with Gasteiger partial charge in [0.2, 0.25) is 0 Å². The van der Waals surface area contributed by atoms with Gasteiger partial charge >= 0.3 is 24.0 Å². The predicted molar refractivity (Wildman–Crippen MR) is 202 cm³/mol. The van der Waals surface area contributed by atoms with Gasteiger partial charge in [-0.25, -0.2) is 9.59 Å². The number of carbonyl (C=O) groups excluding carboxylic acids is 6. The van der Waals surface area contributed by atoms with Gasteiger partial charge in [-0.3, -0.25) is 19.2 Å². The lowest BCUT2D eigenvalue weighted by Gasteiger charge is -2.64. The smallest absolute Gasteiger partial charge is 0.407 e. The van der Waals surface area contributed by atoms with E-state index >= 15 is 4.79 Å². The predicted octanol–water partition coefficient (Wildman–Crippen LogP) is 4.42. The first kappa shape index (κ1) is 42.5. The van der Waals surface area contributed by atoms with Crippen LogP contribution in [0.15, 0.2) is 41.5 Å². The Balaban J connectivity index is 1.56. The van der Waals surface area contributed by atoms with Gasteiger partial charge in [-0.15, -0.1) is 0 Å². The number of esters is 3. The summed E-state index contributed by atoms with van der Waals surface area (Å²) >= 11 is 0. The van der Waals surface area contributed by atoms with Gasteiger partial charge in [-0.1, -0.05) is 51.5 Å². The molecule has 1 saturated heterocycles. The second-order valence-electron chi connectivity index (χ2n) is 18.7. The Labute approximate surface area is 333 Å². The van der Waals surface area contributed by atoms with Gasteiger partial charge in [0.15, 0.2) is 23.3 Å². The average Bonchev–Trinajstić information content (AvgIpc) is 3.82. The number of fused-ring (bicyclic) bond motifs is 4. The van der Waals surface area contributed by atoms with E-state index in [1.807, 2.05) is 13.8 Å². The first-order valence-electron chi connectivity index (χ1n) is 19.8. The maximum atomic E-state index is 15.4. The van der Waals surface area contributed by atoms with Crippen molar-refractivity contribution in [1.29, 1.82) is 0 Å². The molecule has 11 atom stereocenters. The second kappa shape index (κ2) is 14.6. The molecule has 6 rings (SSSR count). The third-order valence-electron chi connectivity index (χ3n) is 13.0. The van der Waals surface area contributed by atoms with Crippen LogP contribution in [0, 0.1) is 34.5 Å². The maximum absolute atomic E-state index is 15.4. The number of allylic oxidation sites excluding steroid dienone is 1. The lowest BCUT2D eigenvalue weighted by Crippen LogP contribution is -2.78. The fraction of sp³-hybridized carbons (Fsp3) is 0.674. The highest BCUT2D eigenvalue weighted by atomic mass is 16.6. The third kappa shape index (κ3) is 7.09. The summed E-state index contributed by atoms with van der Waals surface area (Å²) in [5, 5.41) is 28.2. The molecule has 0 unspecified atom stereocenters. The number of hydrogen-bond donors (Lipinski definition) is 3. The van der Waals surface area contributed by atoms with Crippen molar-refractivity contribution in [1.82, 2.24) is 5.32 Å². The van der Waals surface area contributed by atoms with Crippen LogP contribution in [0.25, 0.3) is 0 Å². The Bertz CT molecular complexity index is 1860. The van der Waals surface area contributed by atoms with Crippen LogP contribution in [-0.2, 0) is 42.9 Å². The molecule has 1 heterocycles. The van der Waals surface area contributed by atoms with Gasteiger partial charge in [-0.2, -0.15) is 0 Å². The molecule has 5 aliphatic rings. The normalized spacial score (nSPS) is 34.7. The highest BCUT2D eigenvalue weighted by molar-refractivity contribution is 5.98. The Morgan fingerprint density at radius 3 is 2.19 bits per heavy atom. The quantitative estimate of drug-likeness (QED) is 0.171. The first-order valence-corrected chi connectivity index (χ1v) is 19.8. The summed E-state index contributed by atoms with van der Waals surface area (Å²) in [6, 6.07) is 6.99. The summed E-state index contributed by atoms with van der Waals surface area (Å²) in [7, 11) is 0. The minimum Gasteiger partial charge on any atom is -0.455 e. The molecule has 1 aromatic rings. The van der Waals surface area contributed by atoms with Crippen LogP contribution in [-0.4, -0.2) is 99.6 Å². The van der Waals surface area contributed by atoms with E-state index in [-0.39, 0.29) is 42.4 Å². The van der Waals surface area contributed by atoms with E-state index in [0.29, 0.717) is 12.0 Å². The van der Waals surface area contributed by atoms with Gasteiger partial charge < -0.3 is 39.2 Å². The van der Waals surface area contributed by atoms with E-state index in [1.54, 1.807) is 71.9 Å². The molecular formula is C43H57NO13. The first-order chi connectivity index (χ1) is 26.4. The molecule has 2 bridgehead atoms. The molecular weight excluding hydrogens is 738 g/mol. The van der Waals surface area contributed by atoms with Crippen molar-refractivity contribution in [3.8, 4) is 0 Å². The molecule has 3 N–H and O–H groups in total. The second-order valence-corrected chi connectivity index (χ2v) is 18.7. The number of aliphatic hydroxyl groups is 2. The summed E-state index contributed by atoms with van der Waals surface area (Å²) in [6.07, 6.45) is -6.21. The van der Waals surface area contributed by atoms with Crippen molar-refractivity contribution in [2.45, 2.75) is 142 Å². The largest absolute Gasteiger partial charge is 0.455 e. The van der Waals surface area contributed by atoms with E-state index < -0.39 is 112 Å². The summed E-state index contributed by atoms with van der Waals surface area (Å²) in [5.74, 6) is -6.57. The number of ketones is 2. The Kier molecular flexibility index (Phi) is 10.9. The number of hydrogen-bond acceptors (Lipinski definition) is 13. The molecule has 1 spiro atoms. The molecule has 1 aliphatic heterocycles. The van der Waals surface area contributed by atoms with Crippen LogP contribution < -0.4 is 5.32 Å². The number of carbonyl (C=O) groups is 6. The fourth-order valence-corrected chi connectivity index (χ4v) is 10.5. The lowest BCUT2D eigenvalue weighted by atomic mass is 9.47. The van der Waals surface area contributed by atoms with E-state index in [9.17, 15) is 34.2 Å². The highest BCUT2D eigenvalue weighted by Crippen LogP contribution is 2.75. The topological polar surface area (TPSA) is 201 Å². The van der Waals surface area contributed by atoms with E-state index in [0.717, 1.165) is 6.92 Å². The molecule has 1 aromatic carbocycles. The van der Waals surface area contributed by atoms with Crippen LogP contribution in [0.2, 0.25) is 0 Å². The van der Waals surface area contributed by atoms with Crippen molar-refractivity contribution >= 4 is 35.6 Å². The number of benzene rings is 1. The molecule has 14 heteroatoms. The van der Waals surface area contributed by atoms with Crippen LogP contribution in [0.3, 0.4) is 0 Å². The molecule has 0 aromatic heterocycles. The molecule has 57 heavy (non-hydrogen) atoms. The molecule has 312 valence electrons. The zero-order valence-electron chi connectivity index (χ0n) is 34.5. The Morgan fingerprint density at radius 1 is 1.00 bits per heavy atom. The van der Waals surface area contributed by atoms with E-state index in [2.05, 4.69) is 5.32 Å².